The van der Waals surface area contributed by atoms with Gasteiger partial charge in [0.1, 0.15) is 12.0 Å². The molecule has 3 aromatic carbocycles. The van der Waals surface area contributed by atoms with E-state index in [9.17, 15) is 0 Å². The summed E-state index contributed by atoms with van der Waals surface area (Å²) < 4.78 is 8.73. The van der Waals surface area contributed by atoms with Crippen molar-refractivity contribution in [2.75, 3.05) is 9.80 Å². The normalized spacial score (nSPS) is 15.8. The number of hydrogen-bond donors (Lipinski definition) is 0. The lowest BCUT2D eigenvalue weighted by atomic mass is 10.00. The number of furan rings is 1. The average Bonchev–Trinajstić information content (AvgIpc) is 3.53. The molecule has 4 heterocycles. The summed E-state index contributed by atoms with van der Waals surface area (Å²) in [7, 11) is 2.12. The molecule has 190 valence electrons. The summed E-state index contributed by atoms with van der Waals surface area (Å²) in [6.45, 7) is 11.0. The maximum Gasteiger partial charge on any atom is 0.227 e. The van der Waals surface area contributed by atoms with Crippen molar-refractivity contribution in [1.82, 2.24) is 14.5 Å². The molecule has 1 aliphatic rings. The minimum Gasteiger partial charge on any atom is -0.435 e. The number of para-hydroxylation sites is 4. The summed E-state index contributed by atoms with van der Waals surface area (Å²) in [4.78, 5) is 14.7. The smallest absolute Gasteiger partial charge is 0.227 e. The monoisotopic (exact) mass is 501 g/mol. The predicted octanol–water partition coefficient (Wildman–Crippen LogP) is 7.72. The fraction of sp³-hybridized carbons (Fsp3) is 0.250. The van der Waals surface area contributed by atoms with Crippen molar-refractivity contribution in [3.8, 4) is 0 Å². The third kappa shape index (κ3) is 3.00. The van der Waals surface area contributed by atoms with Crippen molar-refractivity contribution < 1.29 is 4.42 Å². The topological polar surface area (TPSA) is 50.3 Å². The molecule has 0 bridgehead atoms. The Kier molecular flexibility index (Phi) is 4.71. The Morgan fingerprint density at radius 1 is 0.816 bits per heavy atom. The van der Waals surface area contributed by atoms with Crippen LogP contribution in [0, 0.1) is 13.8 Å². The molecule has 3 aromatic heterocycles. The van der Waals surface area contributed by atoms with Crippen LogP contribution in [-0.2, 0) is 12.6 Å². The van der Waals surface area contributed by atoms with Crippen LogP contribution in [0.5, 0.6) is 0 Å². The lowest BCUT2D eigenvalue weighted by Crippen LogP contribution is -2.50. The molecule has 6 aromatic rings. The van der Waals surface area contributed by atoms with E-state index >= 15 is 0 Å². The Labute approximate surface area is 222 Å². The lowest BCUT2D eigenvalue weighted by molar-refractivity contribution is 0.415. The fourth-order valence-electron chi connectivity index (χ4n) is 6.46. The molecular formula is C32H31N5O. The second kappa shape index (κ2) is 7.84. The summed E-state index contributed by atoms with van der Waals surface area (Å²) in [6, 6.07) is 25.5. The summed E-state index contributed by atoms with van der Waals surface area (Å²) in [5.41, 5.74) is 8.85. The van der Waals surface area contributed by atoms with Gasteiger partial charge in [-0.05, 0) is 76.6 Å². The SMILES string of the molecule is Cc1ccc2c(n1)oc1c(N3c4ccccc4N(C(C)(C)c4nc5ccccc5n4C)[C@@H]3C)c(C)ccc12. The highest BCUT2D eigenvalue weighted by molar-refractivity contribution is 6.10. The van der Waals surface area contributed by atoms with Gasteiger partial charge < -0.3 is 18.8 Å². The van der Waals surface area contributed by atoms with Crippen LogP contribution < -0.4 is 9.80 Å². The highest BCUT2D eigenvalue weighted by atomic mass is 16.3. The minimum absolute atomic E-state index is 0.00872. The number of nitrogens with zero attached hydrogens (tertiary/aromatic N) is 5. The highest BCUT2D eigenvalue weighted by Crippen LogP contribution is 2.52. The molecule has 38 heavy (non-hydrogen) atoms. The van der Waals surface area contributed by atoms with Gasteiger partial charge in [0.25, 0.3) is 0 Å². The maximum absolute atomic E-state index is 6.50. The molecule has 0 fully saturated rings. The molecule has 0 N–H and O–H groups in total. The van der Waals surface area contributed by atoms with Gasteiger partial charge in [0.15, 0.2) is 5.58 Å². The summed E-state index contributed by atoms with van der Waals surface area (Å²) in [6.07, 6.45) is 0.00872. The van der Waals surface area contributed by atoms with Gasteiger partial charge in [0.2, 0.25) is 5.71 Å². The zero-order valence-corrected chi connectivity index (χ0v) is 22.6. The van der Waals surface area contributed by atoms with E-state index in [1.807, 2.05) is 13.0 Å². The molecule has 6 nitrogen and oxygen atoms in total. The number of hydrogen-bond acceptors (Lipinski definition) is 5. The number of pyridine rings is 1. The van der Waals surface area contributed by atoms with Crippen LogP contribution in [0.25, 0.3) is 33.1 Å². The predicted molar refractivity (Wildman–Crippen MR) is 155 cm³/mol. The van der Waals surface area contributed by atoms with Gasteiger partial charge in [-0.1, -0.05) is 36.4 Å². The van der Waals surface area contributed by atoms with Gasteiger partial charge in [0, 0.05) is 23.5 Å². The van der Waals surface area contributed by atoms with Crippen LogP contribution in [0.4, 0.5) is 17.1 Å². The minimum atomic E-state index is -0.396. The van der Waals surface area contributed by atoms with Crippen LogP contribution in [0.15, 0.2) is 77.2 Å². The molecule has 1 aliphatic heterocycles. The zero-order chi connectivity index (χ0) is 26.3. The first-order chi connectivity index (χ1) is 18.3. The van der Waals surface area contributed by atoms with E-state index in [-0.39, 0.29) is 6.17 Å². The standard InChI is InChI=1S/C32H31N5O/c1-19-15-17-22-23-18-16-20(2)33-30(23)38-29(22)28(19)36-21(3)37(27-14-10-9-13-26(27)36)32(4,5)31-34-24-11-7-8-12-25(24)35(31)6/h7-18,21H,1-6H3/t21-/m1/s1. The molecule has 0 radical (unpaired) electrons. The third-order valence-corrected chi connectivity index (χ3v) is 8.15. The Morgan fingerprint density at radius 3 is 2.32 bits per heavy atom. The Hall–Kier alpha value is -4.32. The van der Waals surface area contributed by atoms with Crippen LogP contribution >= 0.6 is 0 Å². The molecule has 0 aliphatic carbocycles. The Balaban J connectivity index is 1.45. The molecule has 1 atom stereocenters. The van der Waals surface area contributed by atoms with Crippen molar-refractivity contribution in [1.29, 1.82) is 0 Å². The molecule has 0 amide bonds. The van der Waals surface area contributed by atoms with Crippen molar-refractivity contribution in [2.24, 2.45) is 7.05 Å². The number of aromatic nitrogens is 3. The highest BCUT2D eigenvalue weighted by Gasteiger charge is 2.45. The van der Waals surface area contributed by atoms with Crippen molar-refractivity contribution in [3.05, 3.63) is 89.9 Å². The van der Waals surface area contributed by atoms with Crippen molar-refractivity contribution in [2.45, 2.75) is 46.3 Å². The van der Waals surface area contributed by atoms with Crippen molar-refractivity contribution in [3.63, 3.8) is 0 Å². The van der Waals surface area contributed by atoms with E-state index in [0.717, 1.165) is 55.8 Å². The quantitative estimate of drug-likeness (QED) is 0.248. The Bertz CT molecular complexity index is 1880. The zero-order valence-electron chi connectivity index (χ0n) is 22.6. The summed E-state index contributed by atoms with van der Waals surface area (Å²) in [5, 5.41) is 2.13. The molecule has 6 heteroatoms. The number of fused-ring (bicyclic) bond motifs is 5. The lowest BCUT2D eigenvalue weighted by Gasteiger charge is -2.41. The summed E-state index contributed by atoms with van der Waals surface area (Å²) >= 11 is 0. The number of rotatable bonds is 3. The van der Waals surface area contributed by atoms with Gasteiger partial charge in [-0.25, -0.2) is 9.97 Å². The number of anilines is 3. The molecule has 7 rings (SSSR count). The second-order valence-corrected chi connectivity index (χ2v) is 10.9. The van der Waals surface area contributed by atoms with Crippen LogP contribution in [0.2, 0.25) is 0 Å². The number of benzene rings is 3. The van der Waals surface area contributed by atoms with Gasteiger partial charge in [-0.3, -0.25) is 0 Å². The maximum atomic E-state index is 6.50. The van der Waals surface area contributed by atoms with Gasteiger partial charge >= 0.3 is 0 Å². The van der Waals surface area contributed by atoms with Gasteiger partial charge in [-0.2, -0.15) is 0 Å². The summed E-state index contributed by atoms with van der Waals surface area (Å²) in [5.74, 6) is 1.03. The molecule has 0 saturated carbocycles. The largest absolute Gasteiger partial charge is 0.435 e. The fourth-order valence-corrected chi connectivity index (χ4v) is 6.46. The number of imidazole rings is 1. The van der Waals surface area contributed by atoms with Gasteiger partial charge in [-0.15, -0.1) is 0 Å². The van der Waals surface area contributed by atoms with E-state index in [0.29, 0.717) is 5.71 Å². The molecule has 0 saturated heterocycles. The second-order valence-electron chi connectivity index (χ2n) is 10.9. The van der Waals surface area contributed by atoms with Crippen LogP contribution in [0.3, 0.4) is 0 Å². The van der Waals surface area contributed by atoms with E-state index < -0.39 is 5.54 Å². The first-order valence-corrected chi connectivity index (χ1v) is 13.2. The van der Waals surface area contributed by atoms with E-state index in [1.54, 1.807) is 0 Å². The third-order valence-electron chi connectivity index (χ3n) is 8.15. The Morgan fingerprint density at radius 2 is 1.53 bits per heavy atom. The molecule has 0 unspecified atom stereocenters. The van der Waals surface area contributed by atoms with E-state index in [1.165, 1.54) is 5.69 Å². The average molecular weight is 502 g/mol. The molecular weight excluding hydrogens is 470 g/mol. The van der Waals surface area contributed by atoms with Crippen LogP contribution in [-0.4, -0.2) is 20.7 Å². The number of aryl methyl sites for hydroxylation is 3. The first kappa shape index (κ1) is 22.8. The van der Waals surface area contributed by atoms with E-state index in [2.05, 4.69) is 116 Å². The van der Waals surface area contributed by atoms with E-state index in [4.69, 9.17) is 14.4 Å². The van der Waals surface area contributed by atoms with Crippen molar-refractivity contribution >= 4 is 50.2 Å². The van der Waals surface area contributed by atoms with Crippen LogP contribution in [0.1, 0.15) is 37.9 Å². The van der Waals surface area contributed by atoms with Gasteiger partial charge in [0.05, 0.1) is 33.6 Å². The first-order valence-electron chi connectivity index (χ1n) is 13.2. The molecule has 0 spiro atoms.